The van der Waals surface area contributed by atoms with E-state index in [0.29, 0.717) is 30.4 Å². The van der Waals surface area contributed by atoms with Gasteiger partial charge in [-0.2, -0.15) is 4.98 Å². The first-order valence-electron chi connectivity index (χ1n) is 9.65. The van der Waals surface area contributed by atoms with Gasteiger partial charge in [-0.25, -0.2) is 0 Å². The van der Waals surface area contributed by atoms with Gasteiger partial charge in [0, 0.05) is 36.3 Å². The molecule has 1 aliphatic rings. The van der Waals surface area contributed by atoms with E-state index in [9.17, 15) is 9.59 Å². The van der Waals surface area contributed by atoms with Gasteiger partial charge in [0.05, 0.1) is 5.92 Å². The summed E-state index contributed by atoms with van der Waals surface area (Å²) in [6.45, 7) is 4.31. The van der Waals surface area contributed by atoms with Crippen LogP contribution in [0.25, 0.3) is 11.5 Å². The molecule has 2 amide bonds. The van der Waals surface area contributed by atoms with Crippen LogP contribution in [0.1, 0.15) is 24.7 Å². The van der Waals surface area contributed by atoms with Gasteiger partial charge in [-0.15, -0.1) is 0 Å². The Morgan fingerprint density at radius 2 is 1.97 bits per heavy atom. The monoisotopic (exact) mass is 390 g/mol. The summed E-state index contributed by atoms with van der Waals surface area (Å²) in [4.78, 5) is 31.1. The van der Waals surface area contributed by atoms with E-state index in [1.54, 1.807) is 17.0 Å². The average molecular weight is 390 g/mol. The lowest BCUT2D eigenvalue weighted by molar-refractivity contribution is -0.122. The second kappa shape index (κ2) is 7.87. The minimum Gasteiger partial charge on any atom is -0.334 e. The summed E-state index contributed by atoms with van der Waals surface area (Å²) in [6, 6.07) is 14.9. The standard InChI is InChI=1S/C22H22N4O3/c1-3-19-24-22(29-25-19)15-8-10-17(11-9-15)23-21(28)16-12-20(27)26(13-16)18-7-5-4-6-14(18)2/h4-11,16H,3,12-13H2,1-2H3,(H,23,28). The number of carbonyl (C=O) groups is 2. The Kier molecular flexibility index (Phi) is 5.12. The van der Waals surface area contributed by atoms with Crippen LogP contribution < -0.4 is 10.2 Å². The molecule has 4 rings (SSSR count). The highest BCUT2D eigenvalue weighted by atomic mass is 16.5. The molecule has 148 valence electrons. The number of benzene rings is 2. The third kappa shape index (κ3) is 3.89. The zero-order chi connectivity index (χ0) is 20.4. The molecule has 2 aromatic carbocycles. The van der Waals surface area contributed by atoms with E-state index in [4.69, 9.17) is 4.52 Å². The third-order valence-corrected chi connectivity index (χ3v) is 5.09. The molecule has 3 aromatic rings. The number of anilines is 2. The number of para-hydroxylation sites is 1. The topological polar surface area (TPSA) is 88.3 Å². The quantitative estimate of drug-likeness (QED) is 0.719. The number of carbonyl (C=O) groups excluding carboxylic acids is 2. The molecular formula is C22H22N4O3. The van der Waals surface area contributed by atoms with E-state index in [1.165, 1.54) is 0 Å². The summed E-state index contributed by atoms with van der Waals surface area (Å²) in [5.41, 5.74) is 3.33. The number of nitrogens with one attached hydrogen (secondary N) is 1. The Morgan fingerprint density at radius 3 is 2.66 bits per heavy atom. The van der Waals surface area contributed by atoms with Crippen molar-refractivity contribution in [1.29, 1.82) is 0 Å². The average Bonchev–Trinajstić information content (AvgIpc) is 3.36. The van der Waals surface area contributed by atoms with Crippen LogP contribution >= 0.6 is 0 Å². The van der Waals surface area contributed by atoms with E-state index in [1.807, 2.05) is 50.2 Å². The van der Waals surface area contributed by atoms with Crippen molar-refractivity contribution >= 4 is 23.2 Å². The Balaban J connectivity index is 1.42. The summed E-state index contributed by atoms with van der Waals surface area (Å²) in [5.74, 6) is 0.535. The van der Waals surface area contributed by atoms with Crippen molar-refractivity contribution in [2.24, 2.45) is 5.92 Å². The van der Waals surface area contributed by atoms with Crippen LogP contribution in [0.5, 0.6) is 0 Å². The van der Waals surface area contributed by atoms with Crippen LogP contribution in [-0.4, -0.2) is 28.5 Å². The van der Waals surface area contributed by atoms with Crippen molar-refractivity contribution in [2.45, 2.75) is 26.7 Å². The lowest BCUT2D eigenvalue weighted by Gasteiger charge is -2.19. The Bertz CT molecular complexity index is 1040. The summed E-state index contributed by atoms with van der Waals surface area (Å²) in [7, 11) is 0. The van der Waals surface area contributed by atoms with Crippen molar-refractivity contribution in [3.8, 4) is 11.5 Å². The number of amides is 2. The first kappa shape index (κ1) is 18.9. The van der Waals surface area contributed by atoms with Crippen molar-refractivity contribution in [2.75, 3.05) is 16.8 Å². The smallest absolute Gasteiger partial charge is 0.257 e. The molecule has 0 aliphatic carbocycles. The predicted molar refractivity (Wildman–Crippen MR) is 109 cm³/mol. The van der Waals surface area contributed by atoms with Gasteiger partial charge in [0.2, 0.25) is 11.8 Å². The normalized spacial score (nSPS) is 16.3. The maximum atomic E-state index is 12.7. The molecular weight excluding hydrogens is 368 g/mol. The van der Waals surface area contributed by atoms with Gasteiger partial charge < -0.3 is 14.7 Å². The number of hydrogen-bond donors (Lipinski definition) is 1. The predicted octanol–water partition coefficient (Wildman–Crippen LogP) is 3.60. The Labute approximate surface area is 168 Å². The minimum atomic E-state index is -0.384. The van der Waals surface area contributed by atoms with Crippen LogP contribution in [0.2, 0.25) is 0 Å². The van der Waals surface area contributed by atoms with Crippen molar-refractivity contribution in [3.63, 3.8) is 0 Å². The third-order valence-electron chi connectivity index (χ3n) is 5.09. The Morgan fingerprint density at radius 1 is 1.21 bits per heavy atom. The largest absolute Gasteiger partial charge is 0.334 e. The lowest BCUT2D eigenvalue weighted by atomic mass is 10.1. The number of aromatic nitrogens is 2. The van der Waals surface area contributed by atoms with Crippen LogP contribution in [0.15, 0.2) is 53.1 Å². The maximum Gasteiger partial charge on any atom is 0.257 e. The van der Waals surface area contributed by atoms with Crippen LogP contribution in [0, 0.1) is 12.8 Å². The highest BCUT2D eigenvalue weighted by molar-refractivity contribution is 6.03. The molecule has 1 atom stereocenters. The van der Waals surface area contributed by atoms with Gasteiger partial charge in [-0.05, 0) is 42.8 Å². The van der Waals surface area contributed by atoms with Gasteiger partial charge in [-0.1, -0.05) is 30.3 Å². The molecule has 1 aromatic heterocycles. The van der Waals surface area contributed by atoms with Gasteiger partial charge in [-0.3, -0.25) is 9.59 Å². The molecule has 1 unspecified atom stereocenters. The summed E-state index contributed by atoms with van der Waals surface area (Å²) < 4.78 is 5.23. The molecule has 7 nitrogen and oxygen atoms in total. The van der Waals surface area contributed by atoms with Crippen LogP contribution in [-0.2, 0) is 16.0 Å². The zero-order valence-electron chi connectivity index (χ0n) is 16.4. The summed E-state index contributed by atoms with van der Waals surface area (Å²) in [6.07, 6.45) is 0.914. The van der Waals surface area contributed by atoms with Gasteiger partial charge in [0.25, 0.3) is 5.89 Å². The molecule has 7 heteroatoms. The highest BCUT2D eigenvalue weighted by Gasteiger charge is 2.35. The first-order valence-corrected chi connectivity index (χ1v) is 9.65. The van der Waals surface area contributed by atoms with Gasteiger partial charge >= 0.3 is 0 Å². The first-order chi connectivity index (χ1) is 14.0. The van der Waals surface area contributed by atoms with Crippen molar-refractivity contribution in [1.82, 2.24) is 10.1 Å². The van der Waals surface area contributed by atoms with Gasteiger partial charge in [0.15, 0.2) is 5.82 Å². The number of aryl methyl sites for hydroxylation is 2. The SMILES string of the molecule is CCc1noc(-c2ccc(NC(=O)C3CC(=O)N(c4ccccc4C)C3)cc2)n1. The molecule has 1 aliphatic heterocycles. The molecule has 1 fully saturated rings. The van der Waals surface area contributed by atoms with Crippen molar-refractivity contribution in [3.05, 3.63) is 59.9 Å². The fourth-order valence-electron chi connectivity index (χ4n) is 3.44. The van der Waals surface area contributed by atoms with E-state index in [-0.39, 0.29) is 24.2 Å². The summed E-state index contributed by atoms with van der Waals surface area (Å²) >= 11 is 0. The molecule has 1 saturated heterocycles. The molecule has 0 radical (unpaired) electrons. The number of hydrogen-bond acceptors (Lipinski definition) is 5. The molecule has 0 saturated carbocycles. The van der Waals surface area contributed by atoms with Crippen LogP contribution in [0.3, 0.4) is 0 Å². The second-order valence-electron chi connectivity index (χ2n) is 7.13. The highest BCUT2D eigenvalue weighted by Crippen LogP contribution is 2.28. The number of rotatable bonds is 5. The molecule has 2 heterocycles. The van der Waals surface area contributed by atoms with Crippen LogP contribution in [0.4, 0.5) is 11.4 Å². The fraction of sp³-hybridized carbons (Fsp3) is 0.273. The van der Waals surface area contributed by atoms with E-state index in [2.05, 4.69) is 15.5 Å². The Hall–Kier alpha value is -3.48. The fourth-order valence-corrected chi connectivity index (χ4v) is 3.44. The maximum absolute atomic E-state index is 12.7. The van der Waals surface area contributed by atoms with E-state index >= 15 is 0 Å². The second-order valence-corrected chi connectivity index (χ2v) is 7.13. The number of nitrogens with zero attached hydrogens (tertiary/aromatic N) is 3. The molecule has 29 heavy (non-hydrogen) atoms. The molecule has 1 N–H and O–H groups in total. The van der Waals surface area contributed by atoms with Crippen molar-refractivity contribution < 1.29 is 14.1 Å². The van der Waals surface area contributed by atoms with E-state index < -0.39 is 0 Å². The molecule has 0 bridgehead atoms. The zero-order valence-corrected chi connectivity index (χ0v) is 16.4. The molecule has 0 spiro atoms. The van der Waals surface area contributed by atoms with Gasteiger partial charge in [0.1, 0.15) is 0 Å². The van der Waals surface area contributed by atoms with E-state index in [0.717, 1.165) is 16.8 Å². The minimum absolute atomic E-state index is 0.0297. The lowest BCUT2D eigenvalue weighted by Crippen LogP contribution is -2.28. The summed E-state index contributed by atoms with van der Waals surface area (Å²) in [5, 5.41) is 6.79.